The van der Waals surface area contributed by atoms with Crippen molar-refractivity contribution in [3.8, 4) is 11.1 Å². The Hall–Kier alpha value is -2.43. The van der Waals surface area contributed by atoms with Crippen LogP contribution in [-0.4, -0.2) is 14.5 Å². The van der Waals surface area contributed by atoms with E-state index in [-0.39, 0.29) is 6.04 Å². The van der Waals surface area contributed by atoms with Crippen molar-refractivity contribution in [1.82, 2.24) is 4.72 Å². The maximum Gasteiger partial charge on any atom is 0.240 e. The van der Waals surface area contributed by atoms with Gasteiger partial charge >= 0.3 is 0 Å². The molecule has 0 aliphatic heterocycles. The van der Waals surface area contributed by atoms with Crippen LogP contribution in [0.5, 0.6) is 0 Å². The zero-order chi connectivity index (χ0) is 17.3. The average Bonchev–Trinajstić information content (AvgIpc) is 3.04. The molecule has 0 spiro atoms. The molecule has 4 heteroatoms. The molecule has 0 radical (unpaired) electrons. The monoisotopic (exact) mass is 349 g/mol. The number of nitrogens with one attached hydrogen (secondary N) is 1. The lowest BCUT2D eigenvalue weighted by atomic mass is 10.1. The summed E-state index contributed by atoms with van der Waals surface area (Å²) in [6.45, 7) is 0. The molecule has 0 aromatic heterocycles. The van der Waals surface area contributed by atoms with E-state index in [9.17, 15) is 8.42 Å². The number of hydrogen-bond acceptors (Lipinski definition) is 2. The minimum Gasteiger partial charge on any atom is -0.207 e. The summed E-state index contributed by atoms with van der Waals surface area (Å²) in [7, 11) is -3.51. The highest BCUT2D eigenvalue weighted by molar-refractivity contribution is 7.89. The smallest absolute Gasteiger partial charge is 0.207 e. The third-order valence-corrected chi connectivity index (χ3v) is 6.18. The van der Waals surface area contributed by atoms with Gasteiger partial charge in [-0.2, -0.15) is 0 Å². The van der Waals surface area contributed by atoms with Crippen molar-refractivity contribution in [2.75, 3.05) is 0 Å². The molecule has 0 bridgehead atoms. The van der Waals surface area contributed by atoms with Crippen molar-refractivity contribution in [1.29, 1.82) is 0 Å². The highest BCUT2D eigenvalue weighted by Gasteiger charge is 2.26. The van der Waals surface area contributed by atoms with E-state index in [2.05, 4.69) is 16.9 Å². The molecule has 0 amide bonds. The third-order valence-electron chi connectivity index (χ3n) is 4.64. The molecule has 0 heterocycles. The molecule has 3 aromatic rings. The van der Waals surface area contributed by atoms with Crippen LogP contribution in [0, 0.1) is 0 Å². The normalized spacial score (nSPS) is 14.4. The molecule has 0 saturated carbocycles. The number of rotatable bonds is 4. The third kappa shape index (κ3) is 3.36. The lowest BCUT2D eigenvalue weighted by molar-refractivity contribution is 0.555. The Morgan fingerprint density at radius 3 is 1.80 bits per heavy atom. The number of sulfonamides is 1. The quantitative estimate of drug-likeness (QED) is 0.779. The van der Waals surface area contributed by atoms with Crippen LogP contribution < -0.4 is 4.72 Å². The number of hydrogen-bond donors (Lipinski definition) is 1. The molecule has 0 atom stereocenters. The molecule has 1 aliphatic rings. The molecule has 4 rings (SSSR count). The Bertz CT molecular complexity index is 955. The van der Waals surface area contributed by atoms with Gasteiger partial charge in [-0.3, -0.25) is 0 Å². The van der Waals surface area contributed by atoms with Gasteiger partial charge in [-0.25, -0.2) is 13.1 Å². The summed E-state index contributed by atoms with van der Waals surface area (Å²) in [4.78, 5) is 0.308. The van der Waals surface area contributed by atoms with E-state index in [0.717, 1.165) is 24.0 Å². The van der Waals surface area contributed by atoms with Crippen molar-refractivity contribution >= 4 is 10.0 Å². The van der Waals surface area contributed by atoms with Crippen molar-refractivity contribution in [2.45, 2.75) is 23.8 Å². The van der Waals surface area contributed by atoms with Crippen molar-refractivity contribution in [3.63, 3.8) is 0 Å². The molecule has 126 valence electrons. The van der Waals surface area contributed by atoms with E-state index >= 15 is 0 Å². The Balaban J connectivity index is 1.51. The second kappa shape index (κ2) is 6.47. The number of benzene rings is 3. The zero-order valence-electron chi connectivity index (χ0n) is 13.7. The second-order valence-electron chi connectivity index (χ2n) is 6.39. The Kier molecular flexibility index (Phi) is 4.15. The fraction of sp³-hybridized carbons (Fsp3) is 0.143. The van der Waals surface area contributed by atoms with Crippen LogP contribution in [0.2, 0.25) is 0 Å². The predicted molar refractivity (Wildman–Crippen MR) is 99.8 cm³/mol. The Morgan fingerprint density at radius 2 is 1.20 bits per heavy atom. The SMILES string of the molecule is O=S(=O)(NC1Cc2ccccc2C1)c1ccc(-c2ccccc2)cc1. The lowest BCUT2D eigenvalue weighted by Crippen LogP contribution is -2.35. The van der Waals surface area contributed by atoms with E-state index in [1.54, 1.807) is 12.1 Å². The molecule has 3 aromatic carbocycles. The van der Waals surface area contributed by atoms with Crippen LogP contribution in [0.25, 0.3) is 11.1 Å². The highest BCUT2D eigenvalue weighted by atomic mass is 32.2. The molecule has 0 fully saturated rings. The maximum absolute atomic E-state index is 12.7. The van der Waals surface area contributed by atoms with Crippen LogP contribution >= 0.6 is 0 Å². The van der Waals surface area contributed by atoms with E-state index in [1.807, 2.05) is 54.6 Å². The summed E-state index contributed by atoms with van der Waals surface area (Å²) in [5.74, 6) is 0. The van der Waals surface area contributed by atoms with Gasteiger partial charge in [-0.05, 0) is 47.2 Å². The molecular formula is C21H19NO2S. The molecule has 1 aliphatic carbocycles. The van der Waals surface area contributed by atoms with Gasteiger partial charge in [0.1, 0.15) is 0 Å². The fourth-order valence-electron chi connectivity index (χ4n) is 3.39. The number of fused-ring (bicyclic) bond motifs is 1. The molecule has 3 nitrogen and oxygen atoms in total. The van der Waals surface area contributed by atoms with Crippen LogP contribution in [0.4, 0.5) is 0 Å². The van der Waals surface area contributed by atoms with Crippen molar-refractivity contribution in [3.05, 3.63) is 90.0 Å². The van der Waals surface area contributed by atoms with Crippen LogP contribution in [0.3, 0.4) is 0 Å². The molecule has 0 unspecified atom stereocenters. The van der Waals surface area contributed by atoms with E-state index < -0.39 is 10.0 Å². The van der Waals surface area contributed by atoms with Gasteiger partial charge in [-0.1, -0.05) is 66.7 Å². The fourth-order valence-corrected chi connectivity index (χ4v) is 4.62. The summed E-state index contributed by atoms with van der Waals surface area (Å²) in [5.41, 5.74) is 4.54. The first-order chi connectivity index (χ1) is 12.1. The van der Waals surface area contributed by atoms with Gasteiger partial charge in [0.05, 0.1) is 4.90 Å². The van der Waals surface area contributed by atoms with E-state index in [1.165, 1.54) is 11.1 Å². The largest absolute Gasteiger partial charge is 0.240 e. The van der Waals surface area contributed by atoms with Gasteiger partial charge in [0.2, 0.25) is 10.0 Å². The zero-order valence-corrected chi connectivity index (χ0v) is 14.5. The summed E-state index contributed by atoms with van der Waals surface area (Å²) in [5, 5.41) is 0. The highest BCUT2D eigenvalue weighted by Crippen LogP contribution is 2.24. The van der Waals surface area contributed by atoms with Crippen LogP contribution in [0.15, 0.2) is 83.8 Å². The van der Waals surface area contributed by atoms with Crippen LogP contribution in [-0.2, 0) is 22.9 Å². The van der Waals surface area contributed by atoms with Gasteiger partial charge in [0.25, 0.3) is 0 Å². The summed E-state index contributed by atoms with van der Waals surface area (Å²) in [6, 6.07) is 25.0. The van der Waals surface area contributed by atoms with E-state index in [0.29, 0.717) is 4.90 Å². The Morgan fingerprint density at radius 1 is 0.680 bits per heavy atom. The molecule has 25 heavy (non-hydrogen) atoms. The van der Waals surface area contributed by atoms with Crippen molar-refractivity contribution < 1.29 is 8.42 Å². The first-order valence-corrected chi connectivity index (χ1v) is 9.85. The van der Waals surface area contributed by atoms with Gasteiger partial charge in [0, 0.05) is 6.04 Å². The van der Waals surface area contributed by atoms with Gasteiger partial charge in [0.15, 0.2) is 0 Å². The van der Waals surface area contributed by atoms with Gasteiger partial charge < -0.3 is 0 Å². The molecular weight excluding hydrogens is 330 g/mol. The maximum atomic E-state index is 12.7. The first kappa shape index (κ1) is 16.1. The van der Waals surface area contributed by atoms with Gasteiger partial charge in [-0.15, -0.1) is 0 Å². The minimum atomic E-state index is -3.51. The Labute approximate surface area is 148 Å². The second-order valence-corrected chi connectivity index (χ2v) is 8.10. The molecule has 0 saturated heterocycles. The average molecular weight is 349 g/mol. The summed E-state index contributed by atoms with van der Waals surface area (Å²) >= 11 is 0. The first-order valence-electron chi connectivity index (χ1n) is 8.36. The molecule has 1 N–H and O–H groups in total. The minimum absolute atomic E-state index is 0.0730. The summed E-state index contributed by atoms with van der Waals surface area (Å²) < 4.78 is 28.2. The predicted octanol–water partition coefficient (Wildman–Crippen LogP) is 3.80. The van der Waals surface area contributed by atoms with Crippen molar-refractivity contribution in [2.24, 2.45) is 0 Å². The van der Waals surface area contributed by atoms with E-state index in [4.69, 9.17) is 0 Å². The standard InChI is InChI=1S/C21H19NO2S/c23-25(24,22-20-14-18-8-4-5-9-19(18)15-20)21-12-10-17(11-13-21)16-6-2-1-3-7-16/h1-13,20,22H,14-15H2. The lowest BCUT2D eigenvalue weighted by Gasteiger charge is -2.13. The van der Waals surface area contributed by atoms with Crippen LogP contribution in [0.1, 0.15) is 11.1 Å². The summed E-state index contributed by atoms with van der Waals surface area (Å²) in [6.07, 6.45) is 1.50. The topological polar surface area (TPSA) is 46.2 Å².